The monoisotopic (exact) mass is 333 g/mol. The van der Waals surface area contributed by atoms with E-state index in [4.69, 9.17) is 20.4 Å². The van der Waals surface area contributed by atoms with Crippen LogP contribution in [0.25, 0.3) is 0 Å². The molecule has 1 aliphatic heterocycles. The molecule has 1 aliphatic rings. The van der Waals surface area contributed by atoms with Gasteiger partial charge in [-0.3, -0.25) is 4.79 Å². The van der Waals surface area contributed by atoms with Crippen LogP contribution in [-0.2, 0) is 24.9 Å². The Morgan fingerprint density at radius 2 is 2.04 bits per heavy atom. The molecule has 0 saturated carbocycles. The van der Waals surface area contributed by atoms with Gasteiger partial charge in [0.15, 0.2) is 0 Å². The predicted octanol–water partition coefficient (Wildman–Crippen LogP) is -2.23. The van der Waals surface area contributed by atoms with Crippen molar-refractivity contribution in [1.29, 1.82) is 0 Å². The molecule has 0 spiro atoms. The predicted molar refractivity (Wildman–Crippen MR) is 84.6 cm³/mol. The van der Waals surface area contributed by atoms with E-state index in [1.54, 1.807) is 6.92 Å². The summed E-state index contributed by atoms with van der Waals surface area (Å²) in [4.78, 5) is 11.6. The first-order valence-electron chi connectivity index (χ1n) is 6.84. The molecule has 118 valence electrons. The van der Waals surface area contributed by atoms with Gasteiger partial charge in [-0.25, -0.2) is 8.42 Å². The van der Waals surface area contributed by atoms with Crippen molar-refractivity contribution < 1.29 is 28.0 Å². The van der Waals surface area contributed by atoms with E-state index in [2.05, 4.69) is 0 Å². The molecule has 0 saturated heterocycles. The van der Waals surface area contributed by atoms with Gasteiger partial charge >= 0.3 is 13.1 Å². The summed E-state index contributed by atoms with van der Waals surface area (Å²) in [5, 5.41) is 16.4. The van der Waals surface area contributed by atoms with Crippen molar-refractivity contribution in [2.45, 2.75) is 30.1 Å². The second-order valence-corrected chi connectivity index (χ2v) is 6.97. The molecule has 0 fully saturated rings. The Labute approximate surface area is 137 Å². The minimum Gasteiger partial charge on any atom is -0.465 e. The number of ether oxygens (including phenoxy) is 1. The number of hydrogen-bond acceptors (Lipinski definition) is 6. The van der Waals surface area contributed by atoms with Crippen LogP contribution in [0.1, 0.15) is 19.4 Å². The van der Waals surface area contributed by atoms with Gasteiger partial charge in [0, 0.05) is 0 Å². The van der Waals surface area contributed by atoms with Gasteiger partial charge in [0.05, 0.1) is 27.2 Å². The first kappa shape index (κ1) is 18.1. The summed E-state index contributed by atoms with van der Waals surface area (Å²) >= 11 is 0. The van der Waals surface area contributed by atoms with Crippen LogP contribution >= 0.6 is 0 Å². The maximum absolute atomic E-state index is 12.7. The molecular weight excluding hydrogens is 319 g/mol. The second-order valence-electron chi connectivity index (χ2n) is 5.18. The smallest absolute Gasteiger partial charge is 0.465 e. The fourth-order valence-corrected chi connectivity index (χ4v) is 4.56. The number of carbonyl (C=O) groups is 1. The van der Waals surface area contributed by atoms with E-state index in [0.717, 1.165) is 6.07 Å². The average Bonchev–Trinajstić information content (AvgIpc) is 2.61. The standard InChI is InChI=1S/C12H14B3NO6S/c1-3-22-11(17)7(2)16-12(13,14)9-5-4-8(15(18)19)6-10(9)23(16,20)21/h4-7,18-19H,3H2,1-2H3/t7-/m1/s1. The zero-order chi connectivity index (χ0) is 17.6. The summed E-state index contributed by atoms with van der Waals surface area (Å²) in [6.07, 6.45) is 0. The van der Waals surface area contributed by atoms with Gasteiger partial charge in [-0.1, -0.05) is 12.1 Å². The molecule has 0 amide bonds. The summed E-state index contributed by atoms with van der Waals surface area (Å²) < 4.78 is 30.9. The lowest BCUT2D eigenvalue weighted by atomic mass is 9.57. The highest BCUT2D eigenvalue weighted by Gasteiger charge is 2.51. The van der Waals surface area contributed by atoms with E-state index in [1.165, 1.54) is 19.1 Å². The van der Waals surface area contributed by atoms with Gasteiger partial charge in [0.2, 0.25) is 10.0 Å². The largest absolute Gasteiger partial charge is 0.488 e. The zero-order valence-corrected chi connectivity index (χ0v) is 13.4. The van der Waals surface area contributed by atoms with Gasteiger partial charge in [-0.15, -0.1) is 0 Å². The minimum absolute atomic E-state index is 0.0336. The number of rotatable bonds is 4. The number of sulfonamides is 1. The molecule has 0 unspecified atom stereocenters. The fraction of sp³-hybridized carbons (Fsp3) is 0.417. The summed E-state index contributed by atoms with van der Waals surface area (Å²) in [6, 6.07) is 2.41. The maximum Gasteiger partial charge on any atom is 0.488 e. The average molecular weight is 333 g/mol. The normalized spacial score (nSPS) is 19.8. The molecule has 11 heteroatoms. The van der Waals surface area contributed by atoms with Gasteiger partial charge in [-0.2, -0.15) is 4.31 Å². The van der Waals surface area contributed by atoms with E-state index < -0.39 is 34.5 Å². The van der Waals surface area contributed by atoms with Crippen LogP contribution in [0.3, 0.4) is 0 Å². The number of fused-ring (bicyclic) bond motifs is 1. The zero-order valence-electron chi connectivity index (χ0n) is 12.6. The SMILES string of the molecule is [B]C1([B])c2ccc(B(O)O)cc2S(=O)(=O)N1[C@H](C)C(=O)OCC. The third-order valence-electron chi connectivity index (χ3n) is 3.62. The highest BCUT2D eigenvalue weighted by molar-refractivity contribution is 7.89. The molecule has 1 heterocycles. The van der Waals surface area contributed by atoms with Gasteiger partial charge < -0.3 is 14.8 Å². The Morgan fingerprint density at radius 1 is 1.43 bits per heavy atom. The summed E-state index contributed by atoms with van der Waals surface area (Å²) in [5.41, 5.74) is 0.0202. The lowest BCUT2D eigenvalue weighted by Gasteiger charge is -2.35. The molecule has 23 heavy (non-hydrogen) atoms. The number of nitrogens with zero attached hydrogens (tertiary/aromatic N) is 1. The van der Waals surface area contributed by atoms with Crippen LogP contribution in [0.2, 0.25) is 0 Å². The molecule has 0 aliphatic carbocycles. The first-order chi connectivity index (χ1) is 10.5. The molecule has 0 aromatic heterocycles. The van der Waals surface area contributed by atoms with Crippen LogP contribution in [0.4, 0.5) is 0 Å². The molecule has 2 rings (SSSR count). The van der Waals surface area contributed by atoms with Gasteiger partial charge in [0.25, 0.3) is 0 Å². The van der Waals surface area contributed by atoms with E-state index in [-0.39, 0.29) is 22.5 Å². The van der Waals surface area contributed by atoms with E-state index in [9.17, 15) is 23.3 Å². The van der Waals surface area contributed by atoms with Crippen molar-refractivity contribution in [3.05, 3.63) is 23.8 Å². The topological polar surface area (TPSA) is 104 Å². The third-order valence-corrected chi connectivity index (χ3v) is 5.65. The summed E-state index contributed by atoms with van der Waals surface area (Å²) in [5.74, 6) is -0.786. The van der Waals surface area contributed by atoms with E-state index in [1.807, 2.05) is 0 Å². The van der Waals surface area contributed by atoms with Gasteiger partial charge in [-0.05, 0) is 36.3 Å². The number of esters is 1. The highest BCUT2D eigenvalue weighted by Crippen LogP contribution is 2.41. The summed E-state index contributed by atoms with van der Waals surface area (Å²) in [6.45, 7) is 2.98. The molecule has 4 radical (unpaired) electrons. The van der Waals surface area contributed by atoms with Crippen molar-refractivity contribution in [2.75, 3.05) is 6.61 Å². The Morgan fingerprint density at radius 3 is 2.57 bits per heavy atom. The van der Waals surface area contributed by atoms with Crippen molar-refractivity contribution in [3.63, 3.8) is 0 Å². The Bertz CT molecular complexity index is 736. The highest BCUT2D eigenvalue weighted by atomic mass is 32.2. The van der Waals surface area contributed by atoms with Crippen LogP contribution in [0, 0.1) is 0 Å². The third kappa shape index (κ3) is 2.82. The maximum atomic E-state index is 12.7. The van der Waals surface area contributed by atoms with Crippen LogP contribution in [0.15, 0.2) is 23.1 Å². The molecule has 7 nitrogen and oxygen atoms in total. The second kappa shape index (κ2) is 5.97. The van der Waals surface area contributed by atoms with E-state index >= 15 is 0 Å². The lowest BCUT2D eigenvalue weighted by molar-refractivity contribution is -0.147. The Hall–Kier alpha value is -1.29. The van der Waals surface area contributed by atoms with Gasteiger partial charge in [0.1, 0.15) is 6.04 Å². The van der Waals surface area contributed by atoms with E-state index in [0.29, 0.717) is 4.31 Å². The van der Waals surface area contributed by atoms with Crippen LogP contribution in [-0.4, -0.2) is 64.2 Å². The lowest BCUT2D eigenvalue weighted by Crippen LogP contribution is -2.52. The Kier molecular flexibility index (Phi) is 4.69. The van der Waals surface area contributed by atoms with Crippen molar-refractivity contribution in [1.82, 2.24) is 4.31 Å². The summed E-state index contributed by atoms with van der Waals surface area (Å²) in [7, 11) is 5.86. The quantitative estimate of drug-likeness (QED) is 0.478. The fourth-order valence-electron chi connectivity index (χ4n) is 2.55. The van der Waals surface area contributed by atoms with Crippen molar-refractivity contribution >= 4 is 44.3 Å². The number of benzene rings is 1. The minimum atomic E-state index is -4.21. The molecule has 1 atom stereocenters. The van der Waals surface area contributed by atoms with Crippen molar-refractivity contribution in [2.24, 2.45) is 0 Å². The molecule has 1 aromatic carbocycles. The Balaban J connectivity index is 2.58. The first-order valence-corrected chi connectivity index (χ1v) is 8.28. The van der Waals surface area contributed by atoms with Crippen LogP contribution < -0.4 is 5.46 Å². The number of carbonyl (C=O) groups excluding carboxylic acids is 1. The molecule has 2 N–H and O–H groups in total. The number of hydrogen-bond donors (Lipinski definition) is 2. The van der Waals surface area contributed by atoms with Crippen molar-refractivity contribution in [3.8, 4) is 0 Å². The van der Waals surface area contributed by atoms with Crippen LogP contribution in [0.5, 0.6) is 0 Å². The molecule has 1 aromatic rings. The molecular formula is C12H14B3NO6S. The molecule has 0 bridgehead atoms.